The Morgan fingerprint density at radius 2 is 1.67 bits per heavy atom. The summed E-state index contributed by atoms with van der Waals surface area (Å²) in [5.74, 6) is 0.139. The summed E-state index contributed by atoms with van der Waals surface area (Å²) in [4.78, 5) is 12.6. The van der Waals surface area contributed by atoms with Gasteiger partial charge in [-0.2, -0.15) is 9.41 Å². The highest BCUT2D eigenvalue weighted by molar-refractivity contribution is 7.89. The highest BCUT2D eigenvalue weighted by atomic mass is 35.5. The minimum absolute atomic E-state index is 0.0286. The van der Waals surface area contributed by atoms with E-state index in [1.165, 1.54) is 30.5 Å². The molecule has 0 unspecified atom stereocenters. The summed E-state index contributed by atoms with van der Waals surface area (Å²) < 4.78 is 32.7. The molecule has 0 atom stereocenters. The van der Waals surface area contributed by atoms with Gasteiger partial charge >= 0.3 is 0 Å². The van der Waals surface area contributed by atoms with Crippen molar-refractivity contribution < 1.29 is 17.9 Å². The van der Waals surface area contributed by atoms with Gasteiger partial charge in [0.05, 0.1) is 24.8 Å². The monoisotopic (exact) mass is 485 g/mol. The molecule has 33 heavy (non-hydrogen) atoms. The number of hydrazone groups is 1. The fourth-order valence-electron chi connectivity index (χ4n) is 2.94. The predicted molar refractivity (Wildman–Crippen MR) is 129 cm³/mol. The van der Waals surface area contributed by atoms with Crippen LogP contribution in [0.15, 0.2) is 82.8 Å². The van der Waals surface area contributed by atoms with Gasteiger partial charge in [-0.1, -0.05) is 41.4 Å². The molecule has 0 spiro atoms. The van der Waals surface area contributed by atoms with E-state index in [-0.39, 0.29) is 11.4 Å². The molecule has 0 aliphatic carbocycles. The maximum atomic E-state index is 13.3. The van der Waals surface area contributed by atoms with Crippen LogP contribution in [0.25, 0.3) is 0 Å². The van der Waals surface area contributed by atoms with Crippen LogP contribution in [0.1, 0.15) is 16.7 Å². The minimum Gasteiger partial charge on any atom is -0.497 e. The van der Waals surface area contributed by atoms with E-state index >= 15 is 0 Å². The summed E-state index contributed by atoms with van der Waals surface area (Å²) in [6.45, 7) is 1.57. The van der Waals surface area contributed by atoms with Crippen LogP contribution in [0.4, 0.5) is 0 Å². The molecule has 9 heteroatoms. The number of nitrogens with one attached hydrogen (secondary N) is 1. The van der Waals surface area contributed by atoms with Gasteiger partial charge in [0.25, 0.3) is 5.91 Å². The number of carbonyl (C=O) groups excluding carboxylic acids is 1. The second-order valence-corrected chi connectivity index (χ2v) is 9.65. The van der Waals surface area contributed by atoms with Crippen LogP contribution in [0, 0.1) is 6.92 Å². The van der Waals surface area contributed by atoms with Crippen LogP contribution in [-0.2, 0) is 21.4 Å². The average molecular weight is 486 g/mol. The number of nitrogens with zero attached hydrogens (tertiary/aromatic N) is 2. The third kappa shape index (κ3) is 6.89. The van der Waals surface area contributed by atoms with Gasteiger partial charge in [-0.15, -0.1) is 0 Å². The molecule has 1 N–H and O–H groups in total. The Labute approximate surface area is 198 Å². The van der Waals surface area contributed by atoms with Gasteiger partial charge in [0.2, 0.25) is 10.0 Å². The molecule has 0 bridgehead atoms. The normalized spacial score (nSPS) is 11.6. The number of methoxy groups -OCH3 is 1. The number of sulfonamides is 1. The first kappa shape index (κ1) is 24.4. The van der Waals surface area contributed by atoms with Crippen molar-refractivity contribution in [1.82, 2.24) is 9.73 Å². The molecule has 1 amide bonds. The van der Waals surface area contributed by atoms with Crippen molar-refractivity contribution in [2.24, 2.45) is 5.10 Å². The molecular weight excluding hydrogens is 462 g/mol. The van der Waals surface area contributed by atoms with Gasteiger partial charge in [0.1, 0.15) is 5.75 Å². The zero-order valence-corrected chi connectivity index (χ0v) is 19.8. The molecular formula is C24H24ClN3O4S. The standard InChI is InChI=1S/C24H24ClN3O4S/c1-18-3-5-20(6-4-18)16-28(33(30,31)23-13-9-21(25)10-14-23)17-24(29)27-26-15-19-7-11-22(32-2)12-8-19/h3-15H,16-17H2,1-2H3,(H,27,29)/b26-15-. The van der Waals surface area contributed by atoms with Crippen molar-refractivity contribution in [2.75, 3.05) is 13.7 Å². The van der Waals surface area contributed by atoms with E-state index < -0.39 is 22.5 Å². The van der Waals surface area contributed by atoms with Crippen LogP contribution in [-0.4, -0.2) is 38.5 Å². The Kier molecular flexibility index (Phi) is 8.21. The topological polar surface area (TPSA) is 88.1 Å². The molecule has 0 fully saturated rings. The second-order valence-electron chi connectivity index (χ2n) is 7.28. The fraction of sp³-hybridized carbons (Fsp3) is 0.167. The van der Waals surface area contributed by atoms with Gasteiger partial charge in [-0.3, -0.25) is 4.79 Å². The molecule has 3 rings (SSSR count). The van der Waals surface area contributed by atoms with E-state index in [1.54, 1.807) is 31.4 Å². The lowest BCUT2D eigenvalue weighted by Gasteiger charge is -2.21. The number of benzene rings is 3. The molecule has 3 aromatic rings. The number of halogens is 1. The van der Waals surface area contributed by atoms with Crippen LogP contribution in [0.2, 0.25) is 5.02 Å². The lowest BCUT2D eigenvalue weighted by molar-refractivity contribution is -0.121. The van der Waals surface area contributed by atoms with Gasteiger partial charge in [0, 0.05) is 11.6 Å². The zero-order valence-electron chi connectivity index (χ0n) is 18.2. The number of ether oxygens (including phenoxy) is 1. The van der Waals surface area contributed by atoms with Crippen molar-refractivity contribution >= 4 is 33.7 Å². The van der Waals surface area contributed by atoms with Crippen molar-refractivity contribution in [3.05, 3.63) is 94.5 Å². The smallest absolute Gasteiger partial charge is 0.255 e. The SMILES string of the molecule is COc1ccc(/C=N\NC(=O)CN(Cc2ccc(C)cc2)S(=O)(=O)c2ccc(Cl)cc2)cc1. The summed E-state index contributed by atoms with van der Waals surface area (Å²) >= 11 is 5.90. The molecule has 3 aromatic carbocycles. The van der Waals surface area contributed by atoms with Crippen LogP contribution in [0.3, 0.4) is 0 Å². The Balaban J connectivity index is 1.76. The van der Waals surface area contributed by atoms with Gasteiger partial charge in [-0.05, 0) is 66.6 Å². The number of rotatable bonds is 9. The van der Waals surface area contributed by atoms with Crippen LogP contribution in [0.5, 0.6) is 5.75 Å². The van der Waals surface area contributed by atoms with Crippen molar-refractivity contribution in [1.29, 1.82) is 0 Å². The molecule has 0 radical (unpaired) electrons. The second kappa shape index (κ2) is 11.1. The van der Waals surface area contributed by atoms with E-state index in [9.17, 15) is 13.2 Å². The molecule has 0 saturated carbocycles. The maximum Gasteiger partial charge on any atom is 0.255 e. The van der Waals surface area contributed by atoms with E-state index in [0.29, 0.717) is 10.8 Å². The number of hydrogen-bond donors (Lipinski definition) is 1. The number of hydrogen-bond acceptors (Lipinski definition) is 5. The summed E-state index contributed by atoms with van der Waals surface area (Å²) in [6.07, 6.45) is 1.47. The highest BCUT2D eigenvalue weighted by Gasteiger charge is 2.27. The molecule has 0 aliphatic rings. The number of amides is 1. The zero-order chi connectivity index (χ0) is 23.8. The van der Waals surface area contributed by atoms with E-state index in [2.05, 4.69) is 10.5 Å². The van der Waals surface area contributed by atoms with Crippen molar-refractivity contribution in [2.45, 2.75) is 18.4 Å². The molecule has 7 nitrogen and oxygen atoms in total. The predicted octanol–water partition coefficient (Wildman–Crippen LogP) is 4.00. The van der Waals surface area contributed by atoms with Crippen LogP contribution >= 0.6 is 11.6 Å². The van der Waals surface area contributed by atoms with E-state index in [1.807, 2.05) is 31.2 Å². The summed E-state index contributed by atoms with van der Waals surface area (Å²) in [5.41, 5.74) is 4.95. The summed E-state index contributed by atoms with van der Waals surface area (Å²) in [5, 5.41) is 4.35. The van der Waals surface area contributed by atoms with Gasteiger partial charge in [0.15, 0.2) is 0 Å². The average Bonchev–Trinajstić information content (AvgIpc) is 2.81. The Morgan fingerprint density at radius 1 is 1.03 bits per heavy atom. The lowest BCUT2D eigenvalue weighted by atomic mass is 10.1. The van der Waals surface area contributed by atoms with Crippen molar-refractivity contribution in [3.8, 4) is 5.75 Å². The fourth-order valence-corrected chi connectivity index (χ4v) is 4.45. The molecule has 0 heterocycles. The van der Waals surface area contributed by atoms with E-state index in [4.69, 9.17) is 16.3 Å². The Morgan fingerprint density at radius 3 is 2.27 bits per heavy atom. The van der Waals surface area contributed by atoms with Crippen molar-refractivity contribution in [3.63, 3.8) is 0 Å². The molecule has 0 aromatic heterocycles. The highest BCUT2D eigenvalue weighted by Crippen LogP contribution is 2.20. The summed E-state index contributed by atoms with van der Waals surface area (Å²) in [6, 6.07) is 20.4. The number of aryl methyl sites for hydroxylation is 1. The van der Waals surface area contributed by atoms with Gasteiger partial charge < -0.3 is 4.74 Å². The maximum absolute atomic E-state index is 13.3. The summed E-state index contributed by atoms with van der Waals surface area (Å²) in [7, 11) is -2.38. The third-order valence-corrected chi connectivity index (χ3v) is 6.83. The minimum atomic E-state index is -3.96. The lowest BCUT2D eigenvalue weighted by Crippen LogP contribution is -2.39. The Bertz CT molecular complexity index is 1210. The number of carbonyl (C=O) groups is 1. The first-order chi connectivity index (χ1) is 15.8. The van der Waals surface area contributed by atoms with Gasteiger partial charge in [-0.25, -0.2) is 13.8 Å². The first-order valence-corrected chi connectivity index (χ1v) is 11.9. The van der Waals surface area contributed by atoms with E-state index in [0.717, 1.165) is 21.0 Å². The molecule has 172 valence electrons. The quantitative estimate of drug-likeness (QED) is 0.366. The molecule has 0 aliphatic heterocycles. The first-order valence-electron chi connectivity index (χ1n) is 10.0. The molecule has 0 saturated heterocycles. The largest absolute Gasteiger partial charge is 0.497 e. The van der Waals surface area contributed by atoms with Crippen LogP contribution < -0.4 is 10.2 Å². The Hall–Kier alpha value is -3.20. The third-order valence-electron chi connectivity index (χ3n) is 4.77.